The number of fused-ring (bicyclic) bond motifs is 1. The largest absolute Gasteiger partial charge is 0.480 e. The van der Waals surface area contributed by atoms with Crippen LogP contribution in [0.3, 0.4) is 0 Å². The molecule has 1 aliphatic carbocycles. The smallest absolute Gasteiger partial charge is 0.323 e. The molecule has 12 heteroatoms. The minimum absolute atomic E-state index is 0.242. The summed E-state index contributed by atoms with van der Waals surface area (Å²) in [5.74, 6) is -0.982. The van der Waals surface area contributed by atoms with Crippen molar-refractivity contribution in [3.8, 4) is 28.7 Å². The van der Waals surface area contributed by atoms with Crippen LogP contribution in [0.5, 0.6) is 5.88 Å². The molecule has 1 aliphatic heterocycles. The third kappa shape index (κ3) is 4.66. The van der Waals surface area contributed by atoms with E-state index in [0.717, 1.165) is 36.6 Å². The molecule has 0 bridgehead atoms. The number of aryl methyl sites for hydroxylation is 1. The van der Waals surface area contributed by atoms with Crippen LogP contribution in [0.25, 0.3) is 22.8 Å². The highest BCUT2D eigenvalue weighted by molar-refractivity contribution is 5.93. The Balaban J connectivity index is 1.31. The number of imidazole rings is 1. The number of hydrogen-bond acceptors (Lipinski definition) is 7. The fourth-order valence-electron chi connectivity index (χ4n) is 4.69. The molecule has 6 rings (SSSR count). The number of alkyl halides is 2. The van der Waals surface area contributed by atoms with Gasteiger partial charge in [-0.05, 0) is 18.4 Å². The Morgan fingerprint density at radius 3 is 2.56 bits per heavy atom. The van der Waals surface area contributed by atoms with Crippen molar-refractivity contribution < 1.29 is 18.3 Å². The summed E-state index contributed by atoms with van der Waals surface area (Å²) in [6, 6.07) is 7.01. The van der Waals surface area contributed by atoms with E-state index in [1.54, 1.807) is 42.0 Å². The van der Waals surface area contributed by atoms with Gasteiger partial charge in [0, 0.05) is 50.0 Å². The third-order valence-corrected chi connectivity index (χ3v) is 6.87. The van der Waals surface area contributed by atoms with Gasteiger partial charge in [-0.25, -0.2) is 29.7 Å². The van der Waals surface area contributed by atoms with E-state index in [-0.39, 0.29) is 18.3 Å². The molecule has 4 heterocycles. The Morgan fingerprint density at radius 2 is 1.90 bits per heavy atom. The molecule has 10 nitrogen and oxygen atoms in total. The molecule has 200 valence electrons. The maximum absolute atomic E-state index is 13.7. The minimum atomic E-state index is -3.03. The molecule has 0 spiro atoms. The van der Waals surface area contributed by atoms with Crippen LogP contribution in [-0.2, 0) is 26.1 Å². The van der Waals surface area contributed by atoms with Crippen LogP contribution >= 0.6 is 0 Å². The first kappa shape index (κ1) is 24.8. The molecule has 0 unspecified atom stereocenters. The molecular formula is C27H26F2N8O2. The van der Waals surface area contributed by atoms with Gasteiger partial charge in [-0.3, -0.25) is 4.90 Å². The van der Waals surface area contributed by atoms with Gasteiger partial charge in [0.25, 0.3) is 5.92 Å². The van der Waals surface area contributed by atoms with Gasteiger partial charge in [0.2, 0.25) is 5.88 Å². The van der Waals surface area contributed by atoms with Crippen LogP contribution in [0, 0.1) is 0 Å². The Morgan fingerprint density at radius 1 is 1.13 bits per heavy atom. The number of rotatable bonds is 7. The Bertz CT molecular complexity index is 1560. The average Bonchev–Trinajstić information content (AvgIpc) is 3.70. The summed E-state index contributed by atoms with van der Waals surface area (Å²) in [5.41, 5.74) is 3.51. The number of ether oxygens (including phenoxy) is 1. The van der Waals surface area contributed by atoms with Crippen LogP contribution in [-0.4, -0.2) is 42.6 Å². The van der Waals surface area contributed by atoms with Crippen LogP contribution in [0.4, 0.5) is 19.4 Å². The predicted octanol–water partition coefficient (Wildman–Crippen LogP) is 4.56. The summed E-state index contributed by atoms with van der Waals surface area (Å²) in [4.78, 5) is 36.8. The molecule has 1 N–H and O–H groups in total. The van der Waals surface area contributed by atoms with Crippen molar-refractivity contribution in [2.75, 3.05) is 12.0 Å². The number of halogens is 2. The summed E-state index contributed by atoms with van der Waals surface area (Å²) in [5, 5.41) is 2.86. The molecule has 0 saturated heterocycles. The number of nitrogens with zero attached hydrogens (tertiary/aromatic N) is 7. The number of hydrogen-bond donors (Lipinski definition) is 1. The molecule has 1 fully saturated rings. The van der Waals surface area contributed by atoms with E-state index >= 15 is 0 Å². The third-order valence-electron chi connectivity index (χ3n) is 6.87. The molecule has 1 saturated carbocycles. The lowest BCUT2D eigenvalue weighted by Gasteiger charge is -2.29. The summed E-state index contributed by atoms with van der Waals surface area (Å²) in [6.07, 6.45) is 6.58. The van der Waals surface area contributed by atoms with Gasteiger partial charge in [0.05, 0.1) is 19.3 Å². The van der Waals surface area contributed by atoms with Crippen LogP contribution in [0.2, 0.25) is 0 Å². The maximum atomic E-state index is 13.7. The zero-order valence-electron chi connectivity index (χ0n) is 21.7. The van der Waals surface area contributed by atoms with Gasteiger partial charge in [-0.2, -0.15) is 8.78 Å². The molecule has 4 aromatic rings. The zero-order chi connectivity index (χ0) is 27.3. The second kappa shape index (κ2) is 9.37. The number of carbonyl (C=O) groups excluding carboxylic acids is 1. The molecule has 3 aromatic heterocycles. The molecule has 2 amide bonds. The van der Waals surface area contributed by atoms with Crippen molar-refractivity contribution in [1.82, 2.24) is 34.8 Å². The minimum Gasteiger partial charge on any atom is -0.480 e. The van der Waals surface area contributed by atoms with Crippen molar-refractivity contribution in [1.29, 1.82) is 0 Å². The number of aromatic nitrogens is 6. The Labute approximate surface area is 223 Å². The number of carbonyl (C=O) groups is 1. The van der Waals surface area contributed by atoms with E-state index in [2.05, 4.69) is 25.3 Å². The van der Waals surface area contributed by atoms with Gasteiger partial charge in [0.1, 0.15) is 29.2 Å². The van der Waals surface area contributed by atoms with E-state index in [0.29, 0.717) is 46.9 Å². The van der Waals surface area contributed by atoms with E-state index in [1.165, 1.54) is 12.5 Å². The highest BCUT2D eigenvalue weighted by atomic mass is 19.3. The Hall–Kier alpha value is -4.48. The monoisotopic (exact) mass is 532 g/mol. The normalized spacial score (nSPS) is 15.2. The van der Waals surface area contributed by atoms with E-state index in [1.807, 2.05) is 12.1 Å². The van der Waals surface area contributed by atoms with Crippen molar-refractivity contribution in [3.63, 3.8) is 0 Å². The summed E-state index contributed by atoms with van der Waals surface area (Å²) >= 11 is 0. The molecule has 2 aliphatic rings. The average molecular weight is 533 g/mol. The number of methoxy groups -OCH3 is 1. The maximum Gasteiger partial charge on any atom is 0.323 e. The van der Waals surface area contributed by atoms with Gasteiger partial charge in [0.15, 0.2) is 5.82 Å². The SMILES string of the molecule is COc1ncnc(C2CC2)c1-c1ncc2c(n1)N(Cc1ccc(-c3nc(C(C)(F)F)cn3C)cc1)C(=O)NC2. The van der Waals surface area contributed by atoms with Gasteiger partial charge in [-0.15, -0.1) is 0 Å². The van der Waals surface area contributed by atoms with Crippen LogP contribution < -0.4 is 15.0 Å². The number of benzene rings is 1. The van der Waals surface area contributed by atoms with Gasteiger partial charge in [-0.1, -0.05) is 24.3 Å². The molecule has 39 heavy (non-hydrogen) atoms. The number of anilines is 1. The first-order chi connectivity index (χ1) is 18.7. The predicted molar refractivity (Wildman–Crippen MR) is 138 cm³/mol. The standard InChI is InChI=1S/C27H26F2N8O2/c1-27(28,29)19-13-36(2)23(34-19)17-6-4-15(5-7-17)12-37-24-18(11-31-26(37)38)10-30-22(35-24)20-21(16-8-9-16)32-14-33-25(20)39-3/h4-7,10,13-14,16H,8-9,11-12H2,1-3H3,(H,31,38). The fraction of sp³-hybridized carbons (Fsp3) is 0.333. The summed E-state index contributed by atoms with van der Waals surface area (Å²) in [7, 11) is 3.23. The second-order valence-electron chi connectivity index (χ2n) is 9.85. The van der Waals surface area contributed by atoms with Gasteiger partial charge >= 0.3 is 6.03 Å². The van der Waals surface area contributed by atoms with E-state index in [9.17, 15) is 13.6 Å². The lowest BCUT2D eigenvalue weighted by Crippen LogP contribution is -2.44. The first-order valence-corrected chi connectivity index (χ1v) is 12.5. The van der Waals surface area contributed by atoms with Crippen molar-refractivity contribution >= 4 is 11.8 Å². The number of urea groups is 1. The first-order valence-electron chi connectivity index (χ1n) is 12.5. The molecule has 0 atom stereocenters. The Kier molecular flexibility index (Phi) is 5.96. The molecular weight excluding hydrogens is 506 g/mol. The number of amides is 2. The summed E-state index contributed by atoms with van der Waals surface area (Å²) in [6.45, 7) is 1.38. The van der Waals surface area contributed by atoms with Crippen LogP contribution in [0.15, 0.2) is 43.0 Å². The highest BCUT2D eigenvalue weighted by Crippen LogP contribution is 2.45. The van der Waals surface area contributed by atoms with Crippen molar-refractivity contribution in [3.05, 3.63) is 65.5 Å². The number of nitrogens with one attached hydrogen (secondary N) is 1. The van der Waals surface area contributed by atoms with Gasteiger partial charge < -0.3 is 14.6 Å². The van der Waals surface area contributed by atoms with Crippen molar-refractivity contribution in [2.24, 2.45) is 7.05 Å². The topological polar surface area (TPSA) is 111 Å². The second-order valence-corrected chi connectivity index (χ2v) is 9.85. The van der Waals surface area contributed by atoms with Crippen molar-refractivity contribution in [2.45, 2.75) is 44.7 Å². The quantitative estimate of drug-likeness (QED) is 0.371. The van der Waals surface area contributed by atoms with E-state index in [4.69, 9.17) is 9.72 Å². The lowest BCUT2D eigenvalue weighted by atomic mass is 10.1. The fourth-order valence-corrected chi connectivity index (χ4v) is 4.69. The molecule has 1 aromatic carbocycles. The summed E-state index contributed by atoms with van der Waals surface area (Å²) < 4.78 is 34.6. The van der Waals surface area contributed by atoms with Crippen LogP contribution in [0.1, 0.15) is 48.2 Å². The zero-order valence-corrected chi connectivity index (χ0v) is 21.7. The molecule has 0 radical (unpaired) electrons. The van der Waals surface area contributed by atoms with E-state index < -0.39 is 5.92 Å². The highest BCUT2D eigenvalue weighted by Gasteiger charge is 2.33. The lowest BCUT2D eigenvalue weighted by molar-refractivity contribution is 0.0131.